The normalized spacial score (nSPS) is 14.9. The molecule has 128 valence electrons. The van der Waals surface area contributed by atoms with Gasteiger partial charge in [0.25, 0.3) is 0 Å². The summed E-state index contributed by atoms with van der Waals surface area (Å²) in [4.78, 5) is 4.10. The molecule has 0 saturated heterocycles. The topological polar surface area (TPSA) is 29.9 Å². The largest absolute Gasteiger partial charge is 0.333 e. The molecule has 1 aliphatic rings. The molecule has 0 radical (unpaired) electrons. The van der Waals surface area contributed by atoms with E-state index in [4.69, 9.17) is 0 Å². The van der Waals surface area contributed by atoms with Crippen LogP contribution >= 0.6 is 0 Å². The molecule has 3 heteroatoms. The van der Waals surface area contributed by atoms with E-state index in [2.05, 4.69) is 63.4 Å². The SMILES string of the molecule is c1ccc(-c2ccc(Cn3ccnc3)cc2)c(CNC2CCCC2)c1. The van der Waals surface area contributed by atoms with Crippen LogP contribution in [0.15, 0.2) is 67.3 Å². The number of nitrogens with one attached hydrogen (secondary N) is 1. The molecule has 0 spiro atoms. The summed E-state index contributed by atoms with van der Waals surface area (Å²) in [6.45, 7) is 1.82. The van der Waals surface area contributed by atoms with Crippen LogP contribution in [0, 0.1) is 0 Å². The molecule has 1 fully saturated rings. The molecule has 0 amide bonds. The van der Waals surface area contributed by atoms with Crippen molar-refractivity contribution in [1.82, 2.24) is 14.9 Å². The molecule has 4 rings (SSSR count). The third-order valence-corrected chi connectivity index (χ3v) is 5.14. The van der Waals surface area contributed by atoms with E-state index in [1.54, 1.807) is 0 Å². The lowest BCUT2D eigenvalue weighted by Gasteiger charge is -2.15. The summed E-state index contributed by atoms with van der Waals surface area (Å²) in [5.74, 6) is 0. The Balaban J connectivity index is 1.48. The number of aromatic nitrogens is 2. The van der Waals surface area contributed by atoms with Gasteiger partial charge in [0.05, 0.1) is 6.33 Å². The van der Waals surface area contributed by atoms with Gasteiger partial charge in [-0.3, -0.25) is 0 Å². The molecule has 1 N–H and O–H groups in total. The van der Waals surface area contributed by atoms with Gasteiger partial charge in [-0.15, -0.1) is 0 Å². The summed E-state index contributed by atoms with van der Waals surface area (Å²) in [5.41, 5.74) is 5.31. The van der Waals surface area contributed by atoms with Crippen LogP contribution in [0.3, 0.4) is 0 Å². The molecule has 3 aromatic rings. The van der Waals surface area contributed by atoms with Crippen molar-refractivity contribution >= 4 is 0 Å². The second-order valence-electron chi connectivity index (χ2n) is 6.95. The van der Waals surface area contributed by atoms with E-state index in [1.165, 1.54) is 47.9 Å². The van der Waals surface area contributed by atoms with E-state index in [9.17, 15) is 0 Å². The predicted octanol–water partition coefficient (Wildman–Crippen LogP) is 4.63. The van der Waals surface area contributed by atoms with Crippen molar-refractivity contribution in [3.05, 3.63) is 78.4 Å². The Morgan fingerprint density at radius 2 is 1.80 bits per heavy atom. The summed E-state index contributed by atoms with van der Waals surface area (Å²) in [6, 6.07) is 18.4. The molecule has 0 aliphatic heterocycles. The van der Waals surface area contributed by atoms with Crippen LogP contribution in [0.4, 0.5) is 0 Å². The molecule has 1 aromatic heterocycles. The number of rotatable bonds is 6. The van der Waals surface area contributed by atoms with Crippen LogP contribution < -0.4 is 5.32 Å². The first-order valence-electron chi connectivity index (χ1n) is 9.25. The van der Waals surface area contributed by atoms with Crippen LogP contribution in [0.2, 0.25) is 0 Å². The monoisotopic (exact) mass is 331 g/mol. The average Bonchev–Trinajstić information content (AvgIpc) is 3.35. The fraction of sp³-hybridized carbons (Fsp3) is 0.318. The van der Waals surface area contributed by atoms with E-state index in [0.717, 1.165) is 13.1 Å². The van der Waals surface area contributed by atoms with Crippen molar-refractivity contribution in [2.75, 3.05) is 0 Å². The second-order valence-corrected chi connectivity index (χ2v) is 6.95. The van der Waals surface area contributed by atoms with Crippen LogP contribution in [0.1, 0.15) is 36.8 Å². The van der Waals surface area contributed by atoms with Crippen molar-refractivity contribution in [3.8, 4) is 11.1 Å². The summed E-state index contributed by atoms with van der Waals surface area (Å²) in [6.07, 6.45) is 11.1. The first-order chi connectivity index (χ1) is 12.4. The van der Waals surface area contributed by atoms with Gasteiger partial charge in [-0.2, -0.15) is 0 Å². The van der Waals surface area contributed by atoms with Crippen LogP contribution in [0.25, 0.3) is 11.1 Å². The molecule has 2 aromatic carbocycles. The lowest BCUT2D eigenvalue weighted by molar-refractivity contribution is 0.524. The Bertz CT molecular complexity index is 784. The van der Waals surface area contributed by atoms with Gasteiger partial charge >= 0.3 is 0 Å². The van der Waals surface area contributed by atoms with Crippen molar-refractivity contribution < 1.29 is 0 Å². The minimum Gasteiger partial charge on any atom is -0.333 e. The lowest BCUT2D eigenvalue weighted by Crippen LogP contribution is -2.25. The Morgan fingerprint density at radius 3 is 2.56 bits per heavy atom. The quantitative estimate of drug-likeness (QED) is 0.713. The molecule has 0 atom stereocenters. The van der Waals surface area contributed by atoms with Gasteiger partial charge in [-0.25, -0.2) is 4.98 Å². The van der Waals surface area contributed by atoms with Crippen LogP contribution in [-0.2, 0) is 13.1 Å². The highest BCUT2D eigenvalue weighted by Gasteiger charge is 2.14. The van der Waals surface area contributed by atoms with E-state index in [-0.39, 0.29) is 0 Å². The highest BCUT2D eigenvalue weighted by Crippen LogP contribution is 2.25. The van der Waals surface area contributed by atoms with Crippen LogP contribution in [-0.4, -0.2) is 15.6 Å². The fourth-order valence-electron chi connectivity index (χ4n) is 3.72. The van der Waals surface area contributed by atoms with Crippen molar-refractivity contribution in [2.45, 2.75) is 44.8 Å². The molecule has 1 aliphatic carbocycles. The van der Waals surface area contributed by atoms with Crippen molar-refractivity contribution in [2.24, 2.45) is 0 Å². The third-order valence-electron chi connectivity index (χ3n) is 5.14. The molecular weight excluding hydrogens is 306 g/mol. The lowest BCUT2D eigenvalue weighted by atomic mass is 9.98. The van der Waals surface area contributed by atoms with Gasteiger partial charge < -0.3 is 9.88 Å². The summed E-state index contributed by atoms with van der Waals surface area (Å²) in [5, 5.41) is 3.74. The van der Waals surface area contributed by atoms with Gasteiger partial charge in [0, 0.05) is 31.5 Å². The Morgan fingerprint density at radius 1 is 1.00 bits per heavy atom. The summed E-state index contributed by atoms with van der Waals surface area (Å²) >= 11 is 0. The first-order valence-corrected chi connectivity index (χ1v) is 9.25. The second kappa shape index (κ2) is 7.66. The molecule has 0 unspecified atom stereocenters. The smallest absolute Gasteiger partial charge is 0.0949 e. The number of imidazole rings is 1. The van der Waals surface area contributed by atoms with Gasteiger partial charge in [0.15, 0.2) is 0 Å². The predicted molar refractivity (Wildman–Crippen MR) is 102 cm³/mol. The maximum Gasteiger partial charge on any atom is 0.0949 e. The van der Waals surface area contributed by atoms with Gasteiger partial charge in [0.1, 0.15) is 0 Å². The number of benzene rings is 2. The molecule has 3 nitrogen and oxygen atoms in total. The van der Waals surface area contributed by atoms with E-state index < -0.39 is 0 Å². The zero-order valence-electron chi connectivity index (χ0n) is 14.6. The van der Waals surface area contributed by atoms with Gasteiger partial charge in [-0.1, -0.05) is 61.4 Å². The third kappa shape index (κ3) is 3.99. The summed E-state index contributed by atoms with van der Waals surface area (Å²) in [7, 11) is 0. The maximum atomic E-state index is 4.10. The van der Waals surface area contributed by atoms with Gasteiger partial charge in [0.2, 0.25) is 0 Å². The highest BCUT2D eigenvalue weighted by atomic mass is 15.0. The molecule has 25 heavy (non-hydrogen) atoms. The fourth-order valence-corrected chi connectivity index (χ4v) is 3.72. The number of nitrogens with zero attached hydrogens (tertiary/aromatic N) is 2. The van der Waals surface area contributed by atoms with Crippen molar-refractivity contribution in [1.29, 1.82) is 0 Å². The van der Waals surface area contributed by atoms with E-state index in [1.807, 2.05) is 18.7 Å². The molecule has 0 bridgehead atoms. The first kappa shape index (κ1) is 16.1. The molecule has 1 saturated carbocycles. The van der Waals surface area contributed by atoms with Crippen molar-refractivity contribution in [3.63, 3.8) is 0 Å². The van der Waals surface area contributed by atoms with Gasteiger partial charge in [-0.05, 0) is 35.1 Å². The molecule has 1 heterocycles. The zero-order chi connectivity index (χ0) is 16.9. The Kier molecular flexibility index (Phi) is 4.93. The Hall–Kier alpha value is -2.39. The van der Waals surface area contributed by atoms with Crippen LogP contribution in [0.5, 0.6) is 0 Å². The number of hydrogen-bond acceptors (Lipinski definition) is 2. The Labute approximate surface area is 149 Å². The minimum atomic E-state index is 0.700. The van der Waals surface area contributed by atoms with E-state index >= 15 is 0 Å². The number of hydrogen-bond donors (Lipinski definition) is 1. The maximum absolute atomic E-state index is 4.10. The average molecular weight is 331 g/mol. The minimum absolute atomic E-state index is 0.700. The highest BCUT2D eigenvalue weighted by molar-refractivity contribution is 5.67. The zero-order valence-corrected chi connectivity index (χ0v) is 14.6. The summed E-state index contributed by atoms with van der Waals surface area (Å²) < 4.78 is 2.09. The molecular formula is C22H25N3. The standard InChI is InChI=1S/C22H25N3/c1-4-8-22(20(5-1)15-24-21-6-2-3-7-21)19-11-9-18(10-12-19)16-25-14-13-23-17-25/h1,4-5,8-14,17,21,24H,2-3,6-7,15-16H2. The van der Waals surface area contributed by atoms with E-state index in [0.29, 0.717) is 6.04 Å².